The van der Waals surface area contributed by atoms with Crippen molar-refractivity contribution in [3.05, 3.63) is 0 Å². The lowest BCUT2D eigenvalue weighted by molar-refractivity contribution is 0.316. The van der Waals surface area contributed by atoms with E-state index >= 15 is 0 Å². The van der Waals surface area contributed by atoms with Gasteiger partial charge in [0.1, 0.15) is 0 Å². The Labute approximate surface area is 90.5 Å². The van der Waals surface area contributed by atoms with Crippen molar-refractivity contribution in [1.29, 1.82) is 0 Å². The molecule has 0 radical (unpaired) electrons. The molecule has 0 aromatic rings. The summed E-state index contributed by atoms with van der Waals surface area (Å²) in [6, 6.07) is 0. The highest BCUT2D eigenvalue weighted by atomic mass is 14.7. The van der Waals surface area contributed by atoms with E-state index in [1.54, 1.807) is 0 Å². The van der Waals surface area contributed by atoms with Gasteiger partial charge >= 0.3 is 0 Å². The molecule has 0 rings (SSSR count). The van der Waals surface area contributed by atoms with Gasteiger partial charge < -0.3 is 5.73 Å². The molecular formula is C13H29N. The maximum absolute atomic E-state index is 6.04. The van der Waals surface area contributed by atoms with E-state index in [1.165, 1.54) is 44.9 Å². The van der Waals surface area contributed by atoms with Crippen LogP contribution in [0.3, 0.4) is 0 Å². The summed E-state index contributed by atoms with van der Waals surface area (Å²) in [6.45, 7) is 8.80. The Bertz CT molecular complexity index is 124. The molecule has 2 N–H and O–H groups in total. The van der Waals surface area contributed by atoms with Crippen molar-refractivity contribution in [1.82, 2.24) is 0 Å². The van der Waals surface area contributed by atoms with E-state index in [1.807, 2.05) is 0 Å². The second-order valence-electron chi connectivity index (χ2n) is 5.28. The average Bonchev–Trinajstić information content (AvgIpc) is 2.09. The van der Waals surface area contributed by atoms with E-state index in [9.17, 15) is 0 Å². The van der Waals surface area contributed by atoms with Crippen molar-refractivity contribution >= 4 is 0 Å². The molecule has 0 saturated carbocycles. The quantitative estimate of drug-likeness (QED) is 0.585. The van der Waals surface area contributed by atoms with Crippen molar-refractivity contribution in [3.8, 4) is 0 Å². The lowest BCUT2D eigenvalue weighted by Crippen LogP contribution is -2.39. The summed E-state index contributed by atoms with van der Waals surface area (Å²) >= 11 is 0. The predicted molar refractivity (Wildman–Crippen MR) is 65.4 cm³/mol. The molecule has 0 aromatic carbocycles. The van der Waals surface area contributed by atoms with Crippen LogP contribution in [0.25, 0.3) is 0 Å². The third-order valence-electron chi connectivity index (χ3n) is 3.26. The first-order valence-electron chi connectivity index (χ1n) is 6.27. The minimum Gasteiger partial charge on any atom is -0.325 e. The fraction of sp³-hybridized carbons (Fsp3) is 1.00. The number of rotatable bonds is 8. The zero-order chi connectivity index (χ0) is 11.0. The van der Waals surface area contributed by atoms with Gasteiger partial charge in [-0.25, -0.2) is 0 Å². The van der Waals surface area contributed by atoms with Gasteiger partial charge in [-0.3, -0.25) is 0 Å². The van der Waals surface area contributed by atoms with E-state index < -0.39 is 0 Å². The largest absolute Gasteiger partial charge is 0.325 e. The molecule has 1 heteroatoms. The molecule has 0 heterocycles. The highest BCUT2D eigenvalue weighted by Gasteiger charge is 2.19. The minimum absolute atomic E-state index is 0.00339. The molecule has 1 unspecified atom stereocenters. The van der Waals surface area contributed by atoms with Crippen LogP contribution >= 0.6 is 0 Å². The van der Waals surface area contributed by atoms with Gasteiger partial charge in [0.15, 0.2) is 0 Å². The first-order valence-corrected chi connectivity index (χ1v) is 6.27. The fourth-order valence-corrected chi connectivity index (χ4v) is 1.60. The minimum atomic E-state index is 0.00339. The van der Waals surface area contributed by atoms with Crippen molar-refractivity contribution < 1.29 is 0 Å². The fourth-order valence-electron chi connectivity index (χ4n) is 1.60. The number of unbranched alkanes of at least 4 members (excludes halogenated alkanes) is 5. The summed E-state index contributed by atoms with van der Waals surface area (Å²) in [5.41, 5.74) is 6.04. The van der Waals surface area contributed by atoms with Gasteiger partial charge in [0.25, 0.3) is 0 Å². The van der Waals surface area contributed by atoms with Crippen LogP contribution in [0.5, 0.6) is 0 Å². The molecule has 14 heavy (non-hydrogen) atoms. The van der Waals surface area contributed by atoms with Crippen LogP contribution in [-0.4, -0.2) is 5.54 Å². The predicted octanol–water partition coefficient (Wildman–Crippen LogP) is 4.11. The summed E-state index contributed by atoms with van der Waals surface area (Å²) < 4.78 is 0. The summed E-state index contributed by atoms with van der Waals surface area (Å²) in [7, 11) is 0. The van der Waals surface area contributed by atoms with E-state index in [4.69, 9.17) is 5.73 Å². The Morgan fingerprint density at radius 1 is 1.00 bits per heavy atom. The number of nitrogens with two attached hydrogens (primary N) is 1. The molecular weight excluding hydrogens is 170 g/mol. The van der Waals surface area contributed by atoms with Gasteiger partial charge in [-0.1, -0.05) is 52.4 Å². The lowest BCUT2D eigenvalue weighted by Gasteiger charge is -2.27. The molecule has 0 saturated heterocycles. The topological polar surface area (TPSA) is 26.0 Å². The smallest absolute Gasteiger partial charge is 0.0123 e. The van der Waals surface area contributed by atoms with Crippen LogP contribution in [0, 0.1) is 5.92 Å². The molecule has 1 nitrogen and oxygen atoms in total. The Hall–Kier alpha value is -0.0400. The zero-order valence-electron chi connectivity index (χ0n) is 10.6. The van der Waals surface area contributed by atoms with E-state index in [0.717, 1.165) is 0 Å². The van der Waals surface area contributed by atoms with Crippen molar-refractivity contribution in [2.45, 2.75) is 78.2 Å². The average molecular weight is 199 g/mol. The van der Waals surface area contributed by atoms with E-state index in [0.29, 0.717) is 5.92 Å². The first kappa shape index (κ1) is 14.0. The van der Waals surface area contributed by atoms with Crippen LogP contribution in [0.15, 0.2) is 0 Å². The zero-order valence-corrected chi connectivity index (χ0v) is 10.6. The van der Waals surface area contributed by atoms with Crippen molar-refractivity contribution in [3.63, 3.8) is 0 Å². The van der Waals surface area contributed by atoms with Gasteiger partial charge in [-0.2, -0.15) is 0 Å². The monoisotopic (exact) mass is 199 g/mol. The van der Waals surface area contributed by atoms with Crippen LogP contribution < -0.4 is 5.73 Å². The molecule has 0 aliphatic carbocycles. The highest BCUT2D eigenvalue weighted by molar-refractivity contribution is 4.78. The van der Waals surface area contributed by atoms with Gasteiger partial charge in [0.2, 0.25) is 0 Å². The summed E-state index contributed by atoms with van der Waals surface area (Å²) in [5, 5.41) is 0. The van der Waals surface area contributed by atoms with Crippen LogP contribution in [0.4, 0.5) is 0 Å². The van der Waals surface area contributed by atoms with Crippen LogP contribution in [0.1, 0.15) is 72.6 Å². The van der Waals surface area contributed by atoms with Crippen LogP contribution in [0.2, 0.25) is 0 Å². The maximum Gasteiger partial charge on any atom is 0.0123 e. The maximum atomic E-state index is 6.04. The normalized spacial score (nSPS) is 14.4. The molecule has 86 valence electrons. The van der Waals surface area contributed by atoms with Crippen LogP contribution in [-0.2, 0) is 0 Å². The summed E-state index contributed by atoms with van der Waals surface area (Å²) in [6.07, 6.45) is 9.59. The number of hydrogen-bond donors (Lipinski definition) is 1. The van der Waals surface area contributed by atoms with Crippen molar-refractivity contribution in [2.24, 2.45) is 11.7 Å². The third kappa shape index (κ3) is 7.37. The molecule has 0 aliphatic rings. The van der Waals surface area contributed by atoms with E-state index in [2.05, 4.69) is 27.7 Å². The first-order chi connectivity index (χ1) is 6.48. The standard InChI is InChI=1S/C13H29N/c1-5-6-7-8-9-10-11-12(2)13(3,4)14/h12H,5-11,14H2,1-4H3. The SMILES string of the molecule is CCCCCCCCC(C)C(C)(C)N. The Morgan fingerprint density at radius 3 is 2.00 bits per heavy atom. The molecule has 0 spiro atoms. The Kier molecular flexibility index (Phi) is 7.26. The summed E-state index contributed by atoms with van der Waals surface area (Å²) in [4.78, 5) is 0. The van der Waals surface area contributed by atoms with Crippen molar-refractivity contribution in [2.75, 3.05) is 0 Å². The number of hydrogen-bond acceptors (Lipinski definition) is 1. The molecule has 1 atom stereocenters. The second-order valence-corrected chi connectivity index (χ2v) is 5.28. The molecule has 0 aliphatic heterocycles. The molecule has 0 fully saturated rings. The van der Waals surface area contributed by atoms with Gasteiger partial charge in [-0.05, 0) is 26.2 Å². The van der Waals surface area contributed by atoms with Gasteiger partial charge in [0.05, 0.1) is 0 Å². The molecule has 0 aromatic heterocycles. The highest BCUT2D eigenvalue weighted by Crippen LogP contribution is 2.20. The molecule has 0 bridgehead atoms. The second kappa shape index (κ2) is 7.28. The van der Waals surface area contributed by atoms with E-state index in [-0.39, 0.29) is 5.54 Å². The van der Waals surface area contributed by atoms with Gasteiger partial charge in [-0.15, -0.1) is 0 Å². The Morgan fingerprint density at radius 2 is 1.50 bits per heavy atom. The molecule has 0 amide bonds. The lowest BCUT2D eigenvalue weighted by atomic mass is 9.86. The third-order valence-corrected chi connectivity index (χ3v) is 3.26. The summed E-state index contributed by atoms with van der Waals surface area (Å²) in [5.74, 6) is 0.647. The van der Waals surface area contributed by atoms with Gasteiger partial charge in [0, 0.05) is 5.54 Å². The Balaban J connectivity index is 3.28.